The maximum absolute atomic E-state index is 12.5. The highest BCUT2D eigenvalue weighted by Gasteiger charge is 2.18. The zero-order chi connectivity index (χ0) is 15.9. The Labute approximate surface area is 136 Å². The maximum Gasteiger partial charge on any atom is 0.254 e. The molecular formula is C16H25N3O2S. The smallest absolute Gasteiger partial charge is 0.254 e. The number of rotatable bonds is 6. The molecule has 0 bridgehead atoms. The van der Waals surface area contributed by atoms with Gasteiger partial charge in [-0.15, -0.1) is 11.8 Å². The molecule has 1 aliphatic heterocycles. The topological polar surface area (TPSA) is 54.5 Å². The van der Waals surface area contributed by atoms with Gasteiger partial charge in [-0.25, -0.2) is 4.98 Å². The van der Waals surface area contributed by atoms with Crippen LogP contribution >= 0.6 is 11.8 Å². The molecule has 2 rings (SSSR count). The molecule has 22 heavy (non-hydrogen) atoms. The number of hydrogen-bond donors (Lipinski definition) is 1. The predicted molar refractivity (Wildman–Crippen MR) is 89.4 cm³/mol. The minimum atomic E-state index is -0.0444. The second-order valence-corrected chi connectivity index (χ2v) is 7.38. The van der Waals surface area contributed by atoms with Crippen molar-refractivity contribution in [3.8, 4) is 0 Å². The first-order valence-electron chi connectivity index (χ1n) is 7.79. The maximum atomic E-state index is 12.5. The standard InChI is InChI=1S/C16H25N3O2S/c1-12(2)22-16-14(5-4-6-17-16)15(20)18-13(3)11-19-7-9-21-10-8-19/h4-6,12-13H,7-11H2,1-3H3,(H,18,20). The molecule has 0 aliphatic carbocycles. The first-order chi connectivity index (χ1) is 10.6. The van der Waals surface area contributed by atoms with Gasteiger partial charge < -0.3 is 10.1 Å². The van der Waals surface area contributed by atoms with Crippen LogP contribution in [0.4, 0.5) is 0 Å². The van der Waals surface area contributed by atoms with E-state index in [9.17, 15) is 4.79 Å². The number of nitrogens with zero attached hydrogens (tertiary/aromatic N) is 2. The Balaban J connectivity index is 1.93. The van der Waals surface area contributed by atoms with Crippen LogP contribution in [-0.4, -0.2) is 59.9 Å². The number of carbonyl (C=O) groups is 1. The van der Waals surface area contributed by atoms with E-state index in [1.807, 2.05) is 19.1 Å². The number of aromatic nitrogens is 1. The molecule has 1 fully saturated rings. The Bertz CT molecular complexity index is 490. The zero-order valence-corrected chi connectivity index (χ0v) is 14.4. The Morgan fingerprint density at radius 3 is 2.82 bits per heavy atom. The lowest BCUT2D eigenvalue weighted by Gasteiger charge is -2.29. The van der Waals surface area contributed by atoms with Crippen molar-refractivity contribution in [1.82, 2.24) is 15.2 Å². The molecular weight excluding hydrogens is 298 g/mol. The van der Waals surface area contributed by atoms with Crippen molar-refractivity contribution in [3.63, 3.8) is 0 Å². The Hall–Kier alpha value is -1.11. The van der Waals surface area contributed by atoms with E-state index >= 15 is 0 Å². The molecule has 6 heteroatoms. The Morgan fingerprint density at radius 2 is 2.14 bits per heavy atom. The molecule has 0 radical (unpaired) electrons. The third-order valence-corrected chi connectivity index (χ3v) is 4.40. The average Bonchev–Trinajstić information content (AvgIpc) is 2.48. The number of morpholine rings is 1. The molecule has 2 heterocycles. The van der Waals surface area contributed by atoms with Crippen LogP contribution in [0.25, 0.3) is 0 Å². The summed E-state index contributed by atoms with van der Waals surface area (Å²) in [5, 5.41) is 4.28. The normalized spacial score (nSPS) is 17.5. The van der Waals surface area contributed by atoms with Crippen molar-refractivity contribution < 1.29 is 9.53 Å². The minimum Gasteiger partial charge on any atom is -0.379 e. The summed E-state index contributed by atoms with van der Waals surface area (Å²) in [5.41, 5.74) is 0.662. The molecule has 1 N–H and O–H groups in total. The quantitative estimate of drug-likeness (QED) is 0.812. The van der Waals surface area contributed by atoms with Crippen LogP contribution in [0.15, 0.2) is 23.4 Å². The van der Waals surface area contributed by atoms with Crippen LogP contribution in [0.2, 0.25) is 0 Å². The second-order valence-electron chi connectivity index (χ2n) is 5.81. The molecule has 1 aromatic heterocycles. The van der Waals surface area contributed by atoms with Gasteiger partial charge in [0.25, 0.3) is 5.91 Å². The van der Waals surface area contributed by atoms with Crippen LogP contribution in [0, 0.1) is 0 Å². The fourth-order valence-corrected chi connectivity index (χ4v) is 3.25. The number of hydrogen-bond acceptors (Lipinski definition) is 5. The van der Waals surface area contributed by atoms with Crippen LogP contribution in [0.3, 0.4) is 0 Å². The van der Waals surface area contributed by atoms with Crippen LogP contribution in [0.5, 0.6) is 0 Å². The van der Waals surface area contributed by atoms with Crippen molar-refractivity contribution in [2.24, 2.45) is 0 Å². The fourth-order valence-electron chi connectivity index (χ4n) is 2.40. The van der Waals surface area contributed by atoms with Gasteiger partial charge >= 0.3 is 0 Å². The number of ether oxygens (including phenoxy) is 1. The SMILES string of the molecule is CC(CN1CCOCC1)NC(=O)c1cccnc1SC(C)C. The largest absolute Gasteiger partial charge is 0.379 e. The average molecular weight is 323 g/mol. The first kappa shape index (κ1) is 17.2. The summed E-state index contributed by atoms with van der Waals surface area (Å²) >= 11 is 1.62. The van der Waals surface area contributed by atoms with E-state index in [0.717, 1.165) is 37.9 Å². The van der Waals surface area contributed by atoms with E-state index in [1.165, 1.54) is 0 Å². The van der Waals surface area contributed by atoms with E-state index in [0.29, 0.717) is 10.8 Å². The summed E-state index contributed by atoms with van der Waals surface area (Å²) in [7, 11) is 0. The molecule has 122 valence electrons. The highest BCUT2D eigenvalue weighted by Crippen LogP contribution is 2.24. The van der Waals surface area contributed by atoms with Gasteiger partial charge in [0.2, 0.25) is 0 Å². The Kier molecular flexibility index (Phi) is 6.67. The molecule has 1 unspecified atom stereocenters. The molecule has 0 spiro atoms. The fraction of sp³-hybridized carbons (Fsp3) is 0.625. The van der Waals surface area contributed by atoms with Crippen molar-refractivity contribution in [2.75, 3.05) is 32.8 Å². The van der Waals surface area contributed by atoms with E-state index in [1.54, 1.807) is 18.0 Å². The van der Waals surface area contributed by atoms with Gasteiger partial charge in [-0.05, 0) is 19.1 Å². The lowest BCUT2D eigenvalue weighted by atomic mass is 10.2. The molecule has 1 atom stereocenters. The van der Waals surface area contributed by atoms with Gasteiger partial charge in [0.05, 0.1) is 18.8 Å². The van der Waals surface area contributed by atoms with E-state index in [4.69, 9.17) is 4.74 Å². The lowest BCUT2D eigenvalue weighted by Crippen LogP contribution is -2.46. The highest BCUT2D eigenvalue weighted by molar-refractivity contribution is 7.99. The molecule has 1 aliphatic rings. The lowest BCUT2D eigenvalue weighted by molar-refractivity contribution is 0.0342. The third kappa shape index (κ3) is 5.26. The molecule has 1 amide bonds. The minimum absolute atomic E-state index is 0.0444. The van der Waals surface area contributed by atoms with Gasteiger partial charge in [-0.1, -0.05) is 13.8 Å². The number of thioether (sulfide) groups is 1. The van der Waals surface area contributed by atoms with Gasteiger partial charge in [0.15, 0.2) is 0 Å². The zero-order valence-electron chi connectivity index (χ0n) is 13.5. The number of pyridine rings is 1. The molecule has 0 saturated carbocycles. The predicted octanol–water partition coefficient (Wildman–Crippen LogP) is 2.03. The molecule has 0 aromatic carbocycles. The van der Waals surface area contributed by atoms with E-state index in [-0.39, 0.29) is 11.9 Å². The monoisotopic (exact) mass is 323 g/mol. The summed E-state index contributed by atoms with van der Waals surface area (Å²) < 4.78 is 5.34. The second kappa shape index (κ2) is 8.50. The number of carbonyl (C=O) groups excluding carboxylic acids is 1. The van der Waals surface area contributed by atoms with E-state index < -0.39 is 0 Å². The van der Waals surface area contributed by atoms with Crippen molar-refractivity contribution in [2.45, 2.75) is 37.1 Å². The van der Waals surface area contributed by atoms with Gasteiger partial charge in [0, 0.05) is 37.1 Å². The molecule has 5 nitrogen and oxygen atoms in total. The summed E-state index contributed by atoms with van der Waals surface area (Å²) in [6.07, 6.45) is 1.73. The summed E-state index contributed by atoms with van der Waals surface area (Å²) in [4.78, 5) is 19.2. The first-order valence-corrected chi connectivity index (χ1v) is 8.67. The summed E-state index contributed by atoms with van der Waals surface area (Å²) in [6, 6.07) is 3.75. The molecule has 1 saturated heterocycles. The number of nitrogens with one attached hydrogen (secondary N) is 1. The third-order valence-electron chi connectivity index (χ3n) is 3.38. The van der Waals surface area contributed by atoms with Gasteiger partial charge in [0.1, 0.15) is 5.03 Å². The number of amides is 1. The van der Waals surface area contributed by atoms with E-state index in [2.05, 4.69) is 29.0 Å². The summed E-state index contributed by atoms with van der Waals surface area (Å²) in [6.45, 7) is 10.5. The van der Waals surface area contributed by atoms with Gasteiger partial charge in [-0.3, -0.25) is 9.69 Å². The van der Waals surface area contributed by atoms with Crippen LogP contribution in [-0.2, 0) is 4.74 Å². The van der Waals surface area contributed by atoms with Crippen molar-refractivity contribution >= 4 is 17.7 Å². The summed E-state index contributed by atoms with van der Waals surface area (Å²) in [5.74, 6) is -0.0444. The molecule has 1 aromatic rings. The van der Waals surface area contributed by atoms with Crippen molar-refractivity contribution in [3.05, 3.63) is 23.9 Å². The van der Waals surface area contributed by atoms with Crippen molar-refractivity contribution in [1.29, 1.82) is 0 Å². The Morgan fingerprint density at radius 1 is 1.41 bits per heavy atom. The van der Waals surface area contributed by atoms with Crippen LogP contribution in [0.1, 0.15) is 31.1 Å². The van der Waals surface area contributed by atoms with Crippen LogP contribution < -0.4 is 5.32 Å². The van der Waals surface area contributed by atoms with Gasteiger partial charge in [-0.2, -0.15) is 0 Å². The highest BCUT2D eigenvalue weighted by atomic mass is 32.2.